The number of aromatic nitrogens is 3. The van der Waals surface area contributed by atoms with Gasteiger partial charge in [-0.05, 0) is 25.0 Å². The van der Waals surface area contributed by atoms with Gasteiger partial charge >= 0.3 is 6.03 Å². The second-order valence-corrected chi connectivity index (χ2v) is 6.55. The molecule has 0 bridgehead atoms. The highest BCUT2D eigenvalue weighted by atomic mass is 16.2. The number of hydrogen-bond donors (Lipinski definition) is 2. The van der Waals surface area contributed by atoms with Gasteiger partial charge in [0.05, 0.1) is 6.04 Å². The van der Waals surface area contributed by atoms with E-state index in [4.69, 9.17) is 0 Å². The van der Waals surface area contributed by atoms with Gasteiger partial charge in [0.2, 0.25) is 0 Å². The summed E-state index contributed by atoms with van der Waals surface area (Å²) in [5.41, 5.74) is 2.32. The van der Waals surface area contributed by atoms with Crippen molar-refractivity contribution in [2.24, 2.45) is 7.05 Å². The van der Waals surface area contributed by atoms with Crippen LogP contribution in [0, 0.1) is 6.92 Å². The van der Waals surface area contributed by atoms with Crippen molar-refractivity contribution >= 4 is 6.03 Å². The van der Waals surface area contributed by atoms with Crippen molar-refractivity contribution in [2.45, 2.75) is 39.2 Å². The zero-order valence-electron chi connectivity index (χ0n) is 14.4. The van der Waals surface area contributed by atoms with Crippen molar-refractivity contribution < 1.29 is 4.79 Å². The first-order chi connectivity index (χ1) is 10.8. The Kier molecular flexibility index (Phi) is 5.03. The second-order valence-electron chi connectivity index (χ2n) is 6.55. The molecule has 6 nitrogen and oxygen atoms in total. The summed E-state index contributed by atoms with van der Waals surface area (Å²) < 4.78 is 1.79. The molecule has 1 atom stereocenters. The molecule has 1 aromatic carbocycles. The van der Waals surface area contributed by atoms with Crippen molar-refractivity contribution in [2.75, 3.05) is 6.54 Å². The molecule has 6 heteroatoms. The minimum atomic E-state index is -0.206. The number of carbonyl (C=O) groups is 1. The van der Waals surface area contributed by atoms with E-state index in [0.717, 1.165) is 5.82 Å². The van der Waals surface area contributed by atoms with Crippen LogP contribution in [0.1, 0.15) is 43.8 Å². The number of aryl methyl sites for hydroxylation is 2. The maximum atomic E-state index is 12.1. The number of nitrogens with one attached hydrogen (secondary N) is 2. The molecule has 0 spiro atoms. The number of hydrogen-bond acceptors (Lipinski definition) is 3. The van der Waals surface area contributed by atoms with Crippen LogP contribution in [0.25, 0.3) is 0 Å². The van der Waals surface area contributed by atoms with Gasteiger partial charge in [-0.2, -0.15) is 0 Å². The summed E-state index contributed by atoms with van der Waals surface area (Å²) in [4.78, 5) is 12.1. The van der Waals surface area contributed by atoms with Crippen molar-refractivity contribution in [3.63, 3.8) is 0 Å². The molecule has 2 amide bonds. The molecule has 1 unspecified atom stereocenters. The smallest absolute Gasteiger partial charge is 0.315 e. The third kappa shape index (κ3) is 4.09. The lowest BCUT2D eigenvalue weighted by atomic mass is 9.82. The molecule has 0 aliphatic heterocycles. The van der Waals surface area contributed by atoms with Gasteiger partial charge in [-0.3, -0.25) is 0 Å². The minimum absolute atomic E-state index is 0.142. The van der Waals surface area contributed by atoms with E-state index in [-0.39, 0.29) is 17.5 Å². The summed E-state index contributed by atoms with van der Waals surface area (Å²) in [5, 5.41) is 13.7. The Morgan fingerprint density at radius 3 is 2.65 bits per heavy atom. The molecule has 2 aromatic rings. The lowest BCUT2D eigenvalue weighted by Crippen LogP contribution is -2.43. The molecule has 1 heterocycles. The lowest BCUT2D eigenvalue weighted by molar-refractivity contribution is 0.234. The molecule has 2 rings (SSSR count). The van der Waals surface area contributed by atoms with E-state index in [1.54, 1.807) is 10.9 Å². The first-order valence-corrected chi connectivity index (χ1v) is 7.75. The Bertz CT molecular complexity index is 677. The first-order valence-electron chi connectivity index (χ1n) is 7.75. The Labute approximate surface area is 137 Å². The van der Waals surface area contributed by atoms with E-state index in [0.29, 0.717) is 6.54 Å². The van der Waals surface area contributed by atoms with E-state index < -0.39 is 0 Å². The van der Waals surface area contributed by atoms with Crippen molar-refractivity contribution in [3.8, 4) is 0 Å². The van der Waals surface area contributed by atoms with Crippen LogP contribution in [0.3, 0.4) is 0 Å². The van der Waals surface area contributed by atoms with E-state index in [9.17, 15) is 4.79 Å². The average Bonchev–Trinajstić information content (AvgIpc) is 2.92. The Morgan fingerprint density at radius 1 is 1.35 bits per heavy atom. The van der Waals surface area contributed by atoms with Gasteiger partial charge in [0.1, 0.15) is 6.33 Å². The standard InChI is InChI=1S/C17H25N5O/c1-12-8-6-7-9-14(12)17(3,4)10-18-16(23)20-13(2)15-21-19-11-22(15)5/h6-9,11,13H,10H2,1-5H3,(H2,18,20,23). The van der Waals surface area contributed by atoms with Crippen LogP contribution in [0.5, 0.6) is 0 Å². The molecule has 0 saturated heterocycles. The quantitative estimate of drug-likeness (QED) is 0.890. The van der Waals surface area contributed by atoms with Gasteiger partial charge < -0.3 is 15.2 Å². The fourth-order valence-corrected chi connectivity index (χ4v) is 2.73. The fourth-order valence-electron chi connectivity index (χ4n) is 2.73. The van der Waals surface area contributed by atoms with Crippen LogP contribution >= 0.6 is 0 Å². The van der Waals surface area contributed by atoms with Crippen LogP contribution < -0.4 is 10.6 Å². The third-order valence-corrected chi connectivity index (χ3v) is 4.05. The minimum Gasteiger partial charge on any atom is -0.337 e. The molecular weight excluding hydrogens is 290 g/mol. The molecule has 124 valence electrons. The molecule has 0 saturated carbocycles. The van der Waals surface area contributed by atoms with E-state index >= 15 is 0 Å². The highest BCUT2D eigenvalue weighted by molar-refractivity contribution is 5.74. The maximum Gasteiger partial charge on any atom is 0.315 e. The van der Waals surface area contributed by atoms with Gasteiger partial charge in [-0.1, -0.05) is 38.1 Å². The van der Waals surface area contributed by atoms with E-state index in [1.165, 1.54) is 11.1 Å². The van der Waals surface area contributed by atoms with Crippen LogP contribution in [0.2, 0.25) is 0 Å². The fraction of sp³-hybridized carbons (Fsp3) is 0.471. The number of carbonyl (C=O) groups excluding carboxylic acids is 1. The Balaban J connectivity index is 1.94. The number of urea groups is 1. The zero-order valence-corrected chi connectivity index (χ0v) is 14.4. The summed E-state index contributed by atoms with van der Waals surface area (Å²) in [7, 11) is 1.85. The Morgan fingerprint density at radius 2 is 2.04 bits per heavy atom. The normalized spacial score (nSPS) is 12.7. The van der Waals surface area contributed by atoms with Gasteiger partial charge in [0.25, 0.3) is 0 Å². The summed E-state index contributed by atoms with van der Waals surface area (Å²) in [6, 6.07) is 7.84. The summed E-state index contributed by atoms with van der Waals surface area (Å²) in [6.07, 6.45) is 1.62. The number of nitrogens with zero attached hydrogens (tertiary/aromatic N) is 3. The van der Waals surface area contributed by atoms with Gasteiger partial charge in [0, 0.05) is 19.0 Å². The molecule has 0 aliphatic carbocycles. The maximum absolute atomic E-state index is 12.1. The molecule has 0 aliphatic rings. The third-order valence-electron chi connectivity index (χ3n) is 4.05. The largest absolute Gasteiger partial charge is 0.337 e. The number of benzene rings is 1. The summed E-state index contributed by atoms with van der Waals surface area (Å²) in [5.74, 6) is 0.721. The van der Waals surface area contributed by atoms with Crippen molar-refractivity contribution in [1.82, 2.24) is 25.4 Å². The van der Waals surface area contributed by atoms with Crippen molar-refractivity contribution in [3.05, 3.63) is 47.5 Å². The predicted molar refractivity (Wildman–Crippen MR) is 90.2 cm³/mol. The molecule has 0 fully saturated rings. The van der Waals surface area contributed by atoms with Gasteiger partial charge in [0.15, 0.2) is 5.82 Å². The van der Waals surface area contributed by atoms with Gasteiger partial charge in [-0.15, -0.1) is 10.2 Å². The molecule has 2 N–H and O–H groups in total. The average molecular weight is 315 g/mol. The van der Waals surface area contributed by atoms with Crippen LogP contribution in [0.4, 0.5) is 4.79 Å². The number of amides is 2. The van der Waals surface area contributed by atoms with Crippen LogP contribution in [0.15, 0.2) is 30.6 Å². The van der Waals surface area contributed by atoms with E-state index in [2.05, 4.69) is 53.7 Å². The highest BCUT2D eigenvalue weighted by Gasteiger charge is 2.23. The summed E-state index contributed by atoms with van der Waals surface area (Å²) >= 11 is 0. The molecule has 23 heavy (non-hydrogen) atoms. The van der Waals surface area contributed by atoms with Crippen LogP contribution in [-0.4, -0.2) is 27.3 Å². The lowest BCUT2D eigenvalue weighted by Gasteiger charge is -2.27. The number of rotatable bonds is 5. The summed E-state index contributed by atoms with van der Waals surface area (Å²) in [6.45, 7) is 8.78. The topological polar surface area (TPSA) is 71.8 Å². The molecule has 1 aromatic heterocycles. The Hall–Kier alpha value is -2.37. The monoisotopic (exact) mass is 315 g/mol. The molecule has 0 radical (unpaired) electrons. The first kappa shape index (κ1) is 17.0. The van der Waals surface area contributed by atoms with E-state index in [1.807, 2.05) is 26.1 Å². The predicted octanol–water partition coefficient (Wildman–Crippen LogP) is 2.46. The van der Waals surface area contributed by atoms with Gasteiger partial charge in [-0.25, -0.2) is 4.79 Å². The highest BCUT2D eigenvalue weighted by Crippen LogP contribution is 2.25. The zero-order chi connectivity index (χ0) is 17.0. The second kappa shape index (κ2) is 6.81. The SMILES string of the molecule is Cc1ccccc1C(C)(C)CNC(=O)NC(C)c1nncn1C. The molecular formula is C17H25N5O. The van der Waals surface area contributed by atoms with Crippen molar-refractivity contribution in [1.29, 1.82) is 0 Å². The van der Waals surface area contributed by atoms with Crippen LogP contribution in [-0.2, 0) is 12.5 Å².